The van der Waals surface area contributed by atoms with E-state index in [0.29, 0.717) is 58.7 Å². The van der Waals surface area contributed by atoms with Crippen LogP contribution in [0.1, 0.15) is 31.0 Å². The van der Waals surface area contributed by atoms with Crippen LogP contribution in [0.4, 0.5) is 0 Å². The number of nitrogens with zero attached hydrogens (tertiary/aromatic N) is 2. The molecule has 0 N–H and O–H groups in total. The van der Waals surface area contributed by atoms with E-state index in [0.717, 1.165) is 0 Å². The Balaban J connectivity index is 1.75. The summed E-state index contributed by atoms with van der Waals surface area (Å²) in [4.78, 5) is 32.1. The minimum atomic E-state index is -0.839. The number of carbonyl (C=O) groups excluding carboxylic acids is 1. The number of rotatable bonds is 6. The van der Waals surface area contributed by atoms with Crippen molar-refractivity contribution in [3.05, 3.63) is 75.8 Å². The average molecular weight is 622 g/mol. The van der Waals surface area contributed by atoms with Gasteiger partial charge in [0.1, 0.15) is 0 Å². The number of hydrogen-bond donors (Lipinski definition) is 0. The van der Waals surface area contributed by atoms with E-state index in [1.165, 1.54) is 30.1 Å². The fraction of sp³-hybridized carbons (Fsp3) is 0.269. The summed E-state index contributed by atoms with van der Waals surface area (Å²) in [6, 6.07) is 6.00. The summed E-state index contributed by atoms with van der Waals surface area (Å²) >= 11 is 11.3. The molecule has 1 unspecified atom stereocenters. The van der Waals surface area contributed by atoms with Crippen LogP contribution in [0.2, 0.25) is 5.02 Å². The molecule has 0 aliphatic carbocycles. The van der Waals surface area contributed by atoms with Crippen LogP contribution in [0.3, 0.4) is 0 Å². The fourth-order valence-corrected chi connectivity index (χ4v) is 6.13. The topological polar surface area (TPSA) is 97.6 Å². The Morgan fingerprint density at radius 1 is 1.21 bits per heavy atom. The first kappa shape index (κ1) is 26.3. The van der Waals surface area contributed by atoms with Gasteiger partial charge in [0, 0.05) is 10.5 Å². The molecule has 2 aliphatic heterocycles. The summed E-state index contributed by atoms with van der Waals surface area (Å²) in [5.74, 6) is 1.46. The maximum Gasteiger partial charge on any atom is 0.338 e. The van der Waals surface area contributed by atoms with Crippen LogP contribution in [0, 0.1) is 0 Å². The lowest BCUT2D eigenvalue weighted by atomic mass is 9.95. The molecule has 0 bridgehead atoms. The average Bonchev–Trinajstić information content (AvgIpc) is 3.46. The monoisotopic (exact) mass is 620 g/mol. The molecule has 9 nitrogen and oxygen atoms in total. The van der Waals surface area contributed by atoms with Gasteiger partial charge < -0.3 is 23.7 Å². The van der Waals surface area contributed by atoms with Crippen LogP contribution >= 0.6 is 38.9 Å². The maximum atomic E-state index is 13.9. The molecular weight excluding hydrogens is 600 g/mol. The number of fused-ring (bicyclic) bond motifs is 2. The number of thiazole rings is 1. The third kappa shape index (κ3) is 4.48. The number of aromatic nitrogens is 1. The molecule has 12 heteroatoms. The fourth-order valence-electron chi connectivity index (χ4n) is 4.35. The van der Waals surface area contributed by atoms with Crippen molar-refractivity contribution >= 4 is 50.9 Å². The van der Waals surface area contributed by atoms with Crippen molar-refractivity contribution in [3.8, 4) is 23.0 Å². The van der Waals surface area contributed by atoms with Gasteiger partial charge in [-0.25, -0.2) is 9.79 Å². The Labute approximate surface area is 234 Å². The summed E-state index contributed by atoms with van der Waals surface area (Å²) in [6.45, 7) is 3.72. The quantitative estimate of drug-likeness (QED) is 0.385. The smallest absolute Gasteiger partial charge is 0.338 e. The van der Waals surface area contributed by atoms with E-state index in [9.17, 15) is 9.59 Å². The van der Waals surface area contributed by atoms with E-state index >= 15 is 0 Å². The van der Waals surface area contributed by atoms with Crippen LogP contribution in [0.5, 0.6) is 23.0 Å². The number of methoxy groups -OCH3 is 2. The number of ether oxygens (including phenoxy) is 5. The lowest BCUT2D eigenvalue weighted by Gasteiger charge is -2.26. The Bertz CT molecular complexity index is 1680. The highest BCUT2D eigenvalue weighted by atomic mass is 79.9. The molecule has 3 heterocycles. The molecular formula is C26H22BrClN2O7S. The van der Waals surface area contributed by atoms with Crippen molar-refractivity contribution in [1.82, 2.24) is 4.57 Å². The van der Waals surface area contributed by atoms with Gasteiger partial charge in [-0.15, -0.1) is 0 Å². The first-order valence-corrected chi connectivity index (χ1v) is 13.5. The lowest BCUT2D eigenvalue weighted by Crippen LogP contribution is -2.40. The molecule has 2 aliphatic rings. The predicted octanol–water partition coefficient (Wildman–Crippen LogP) is 3.96. The maximum absolute atomic E-state index is 13.9. The predicted molar refractivity (Wildman–Crippen MR) is 145 cm³/mol. The van der Waals surface area contributed by atoms with E-state index in [-0.39, 0.29) is 24.5 Å². The standard InChI is InChI=1S/C26H22BrClN2O7S/c1-5-35-25(32)22-12(2)29-26-30(23(22)14-8-17(33-3)18(34-4)9-15(14)27)24(31)21(38-26)7-13-6-19-20(10-16(13)28)37-11-36-19/h6-10,23H,5,11H2,1-4H3/b21-7+. The molecule has 0 radical (unpaired) electrons. The number of halogens is 2. The van der Waals surface area contributed by atoms with E-state index in [4.69, 9.17) is 35.3 Å². The van der Waals surface area contributed by atoms with Crippen molar-refractivity contribution < 1.29 is 28.5 Å². The van der Waals surface area contributed by atoms with Gasteiger partial charge in [0.2, 0.25) is 6.79 Å². The van der Waals surface area contributed by atoms with Gasteiger partial charge in [-0.2, -0.15) is 0 Å². The largest absolute Gasteiger partial charge is 0.493 e. The van der Waals surface area contributed by atoms with Gasteiger partial charge in [-0.1, -0.05) is 38.9 Å². The van der Waals surface area contributed by atoms with Crippen LogP contribution in [0.25, 0.3) is 6.08 Å². The molecule has 3 aromatic rings. The SMILES string of the molecule is CCOC(=O)C1=C(C)N=c2s/c(=C/c3cc4c(cc3Cl)OCO4)c(=O)n2C1c1cc(OC)c(OC)cc1Br. The third-order valence-corrected chi connectivity index (χ3v) is 8.09. The molecule has 0 amide bonds. The first-order chi connectivity index (χ1) is 18.3. The van der Waals surface area contributed by atoms with E-state index in [1.807, 2.05) is 0 Å². The second-order valence-corrected chi connectivity index (χ2v) is 10.5. The molecule has 198 valence electrons. The van der Waals surface area contributed by atoms with Crippen LogP contribution < -0.4 is 33.8 Å². The van der Waals surface area contributed by atoms with Crippen molar-refractivity contribution in [2.75, 3.05) is 27.6 Å². The van der Waals surface area contributed by atoms with E-state index < -0.39 is 12.0 Å². The number of carbonyl (C=O) groups is 1. The first-order valence-electron chi connectivity index (χ1n) is 11.5. The number of benzene rings is 2. The van der Waals surface area contributed by atoms with Gasteiger partial charge in [-0.3, -0.25) is 9.36 Å². The summed E-state index contributed by atoms with van der Waals surface area (Å²) in [5.41, 5.74) is 1.55. The van der Waals surface area contributed by atoms with E-state index in [2.05, 4.69) is 20.9 Å². The van der Waals surface area contributed by atoms with Crippen molar-refractivity contribution in [3.63, 3.8) is 0 Å². The van der Waals surface area contributed by atoms with Crippen LogP contribution in [-0.2, 0) is 9.53 Å². The third-order valence-electron chi connectivity index (χ3n) is 6.09. The molecule has 0 saturated heterocycles. The van der Waals surface area contributed by atoms with Gasteiger partial charge >= 0.3 is 5.97 Å². The van der Waals surface area contributed by atoms with Gasteiger partial charge in [0.25, 0.3) is 5.56 Å². The van der Waals surface area contributed by atoms with E-state index in [1.54, 1.807) is 44.2 Å². The molecule has 1 atom stereocenters. The Morgan fingerprint density at radius 3 is 2.58 bits per heavy atom. The zero-order valence-electron chi connectivity index (χ0n) is 20.8. The van der Waals surface area contributed by atoms with Crippen molar-refractivity contribution in [2.45, 2.75) is 19.9 Å². The lowest BCUT2D eigenvalue weighted by molar-refractivity contribution is -0.139. The van der Waals surface area contributed by atoms with Crippen LogP contribution in [0.15, 0.2) is 49.8 Å². The van der Waals surface area contributed by atoms with Gasteiger partial charge in [0.05, 0.1) is 47.7 Å². The number of hydrogen-bond acceptors (Lipinski definition) is 9. The molecule has 38 heavy (non-hydrogen) atoms. The normalized spacial score (nSPS) is 16.3. The minimum Gasteiger partial charge on any atom is -0.493 e. The zero-order valence-corrected chi connectivity index (χ0v) is 24.0. The Morgan fingerprint density at radius 2 is 1.89 bits per heavy atom. The summed E-state index contributed by atoms with van der Waals surface area (Å²) in [7, 11) is 3.05. The molecule has 0 spiro atoms. The number of allylic oxidation sites excluding steroid dienone is 1. The Hall–Kier alpha value is -3.28. The highest BCUT2D eigenvalue weighted by Crippen LogP contribution is 2.41. The second-order valence-electron chi connectivity index (χ2n) is 8.26. The van der Waals surface area contributed by atoms with Crippen LogP contribution in [-0.4, -0.2) is 38.2 Å². The van der Waals surface area contributed by atoms with Gasteiger partial charge in [0.15, 0.2) is 27.8 Å². The zero-order chi connectivity index (χ0) is 27.1. The molecule has 1 aromatic heterocycles. The summed E-state index contributed by atoms with van der Waals surface area (Å²) in [6.07, 6.45) is 1.68. The Kier molecular flexibility index (Phi) is 7.26. The molecule has 5 rings (SSSR count). The molecule has 2 aromatic carbocycles. The molecule has 0 fully saturated rings. The number of esters is 1. The van der Waals surface area contributed by atoms with Crippen molar-refractivity contribution in [1.29, 1.82) is 0 Å². The highest BCUT2D eigenvalue weighted by Gasteiger charge is 2.35. The second kappa shape index (κ2) is 10.5. The molecule has 0 saturated carbocycles. The minimum absolute atomic E-state index is 0.105. The summed E-state index contributed by atoms with van der Waals surface area (Å²) < 4.78 is 29.6. The highest BCUT2D eigenvalue weighted by molar-refractivity contribution is 9.10. The van der Waals surface area contributed by atoms with Gasteiger partial charge in [-0.05, 0) is 49.2 Å². The van der Waals surface area contributed by atoms with Crippen molar-refractivity contribution in [2.24, 2.45) is 4.99 Å². The summed E-state index contributed by atoms with van der Waals surface area (Å²) in [5, 5.41) is 0.405.